The normalized spacial score (nSPS) is 10.0. The van der Waals surface area contributed by atoms with Crippen LogP contribution in [0.25, 0.3) is 0 Å². The second kappa shape index (κ2) is 7.42. The first kappa shape index (κ1) is 16.5. The summed E-state index contributed by atoms with van der Waals surface area (Å²) in [4.78, 5) is 24.0. The van der Waals surface area contributed by atoms with Crippen LogP contribution in [-0.2, 0) is 11.3 Å². The molecule has 0 heterocycles. The molecule has 0 atom stereocenters. The second-order valence-electron chi connectivity index (χ2n) is 4.80. The van der Waals surface area contributed by atoms with E-state index in [1.54, 1.807) is 42.5 Å². The molecule has 1 amide bonds. The van der Waals surface area contributed by atoms with Gasteiger partial charge >= 0.3 is 5.97 Å². The fourth-order valence-electron chi connectivity index (χ4n) is 2.09. The molecule has 6 nitrogen and oxygen atoms in total. The Kier molecular flexibility index (Phi) is 5.32. The maximum absolute atomic E-state index is 12.3. The van der Waals surface area contributed by atoms with Crippen molar-refractivity contribution in [2.75, 3.05) is 19.5 Å². The van der Waals surface area contributed by atoms with Gasteiger partial charge in [0.1, 0.15) is 5.75 Å². The van der Waals surface area contributed by atoms with Crippen LogP contribution in [-0.4, -0.2) is 26.1 Å². The number of esters is 1. The highest BCUT2D eigenvalue weighted by molar-refractivity contribution is 6.05. The first-order valence-corrected chi connectivity index (χ1v) is 6.95. The van der Waals surface area contributed by atoms with Crippen LogP contribution < -0.4 is 15.8 Å². The maximum Gasteiger partial charge on any atom is 0.337 e. The van der Waals surface area contributed by atoms with Crippen molar-refractivity contribution in [3.8, 4) is 5.75 Å². The minimum Gasteiger partial charge on any atom is -0.497 e. The maximum atomic E-state index is 12.3. The highest BCUT2D eigenvalue weighted by Crippen LogP contribution is 2.18. The standard InChI is InChI=1S/C17H18N2O4/c1-22-15-5-3-4-12(9-15)16(20)19-14-7-11(10-18)6-13(8-14)17(21)23-2/h3-9H,10,18H2,1-2H3,(H,19,20). The summed E-state index contributed by atoms with van der Waals surface area (Å²) < 4.78 is 9.80. The largest absolute Gasteiger partial charge is 0.497 e. The molecule has 0 saturated heterocycles. The lowest BCUT2D eigenvalue weighted by molar-refractivity contribution is 0.0600. The van der Waals surface area contributed by atoms with E-state index in [1.807, 2.05) is 0 Å². The zero-order valence-electron chi connectivity index (χ0n) is 13.0. The van der Waals surface area contributed by atoms with Crippen molar-refractivity contribution >= 4 is 17.6 Å². The van der Waals surface area contributed by atoms with Crippen LogP contribution in [0.5, 0.6) is 5.75 Å². The van der Waals surface area contributed by atoms with E-state index in [2.05, 4.69) is 5.32 Å². The summed E-state index contributed by atoms with van der Waals surface area (Å²) in [5.74, 6) is -0.213. The molecule has 23 heavy (non-hydrogen) atoms. The summed E-state index contributed by atoms with van der Waals surface area (Å²) in [6.07, 6.45) is 0. The van der Waals surface area contributed by atoms with Crippen molar-refractivity contribution in [2.45, 2.75) is 6.54 Å². The van der Waals surface area contributed by atoms with Gasteiger partial charge in [-0.3, -0.25) is 4.79 Å². The number of anilines is 1. The molecule has 0 bridgehead atoms. The van der Waals surface area contributed by atoms with Crippen molar-refractivity contribution in [2.24, 2.45) is 5.73 Å². The van der Waals surface area contributed by atoms with Gasteiger partial charge in [0.15, 0.2) is 0 Å². The Labute approximate surface area is 134 Å². The predicted octanol–water partition coefficient (Wildman–Crippen LogP) is 2.19. The SMILES string of the molecule is COC(=O)c1cc(CN)cc(NC(=O)c2cccc(OC)c2)c1. The van der Waals surface area contributed by atoms with Crippen molar-refractivity contribution in [3.05, 3.63) is 59.2 Å². The molecule has 0 aliphatic rings. The van der Waals surface area contributed by atoms with Crippen LogP contribution in [0, 0.1) is 0 Å². The molecule has 2 aromatic rings. The highest BCUT2D eigenvalue weighted by atomic mass is 16.5. The van der Waals surface area contributed by atoms with E-state index >= 15 is 0 Å². The summed E-state index contributed by atoms with van der Waals surface area (Å²) in [6, 6.07) is 11.7. The predicted molar refractivity (Wildman–Crippen MR) is 86.6 cm³/mol. The quantitative estimate of drug-likeness (QED) is 0.826. The van der Waals surface area contributed by atoms with Gasteiger partial charge in [-0.1, -0.05) is 6.07 Å². The summed E-state index contributed by atoms with van der Waals surface area (Å²) in [5, 5.41) is 2.75. The Morgan fingerprint density at radius 2 is 1.87 bits per heavy atom. The van der Waals surface area contributed by atoms with Crippen LogP contribution in [0.1, 0.15) is 26.3 Å². The third-order valence-electron chi connectivity index (χ3n) is 3.24. The van der Waals surface area contributed by atoms with Crippen molar-refractivity contribution in [1.82, 2.24) is 0 Å². The molecule has 0 radical (unpaired) electrons. The second-order valence-corrected chi connectivity index (χ2v) is 4.80. The molecule has 0 aromatic heterocycles. The van der Waals surface area contributed by atoms with E-state index in [-0.39, 0.29) is 12.5 Å². The zero-order chi connectivity index (χ0) is 16.8. The minimum atomic E-state index is -0.489. The van der Waals surface area contributed by atoms with Crippen LogP contribution in [0.15, 0.2) is 42.5 Å². The number of hydrogen-bond acceptors (Lipinski definition) is 5. The number of rotatable bonds is 5. The highest BCUT2D eigenvalue weighted by Gasteiger charge is 2.12. The molecular weight excluding hydrogens is 296 g/mol. The average molecular weight is 314 g/mol. The Bertz CT molecular complexity index is 728. The number of amides is 1. The fourth-order valence-corrected chi connectivity index (χ4v) is 2.09. The van der Waals surface area contributed by atoms with E-state index in [4.69, 9.17) is 15.2 Å². The van der Waals surface area contributed by atoms with Gasteiger partial charge in [-0.25, -0.2) is 4.79 Å². The third-order valence-corrected chi connectivity index (χ3v) is 3.24. The molecule has 120 valence electrons. The number of benzene rings is 2. The summed E-state index contributed by atoms with van der Waals surface area (Å²) >= 11 is 0. The molecule has 2 aromatic carbocycles. The van der Waals surface area contributed by atoms with Crippen LogP contribution in [0.2, 0.25) is 0 Å². The van der Waals surface area contributed by atoms with Crippen molar-refractivity contribution in [3.63, 3.8) is 0 Å². The van der Waals surface area contributed by atoms with Gasteiger partial charge in [-0.05, 0) is 42.0 Å². The molecule has 2 rings (SSSR count). The molecular formula is C17H18N2O4. The van der Waals surface area contributed by atoms with Gasteiger partial charge in [0.25, 0.3) is 5.91 Å². The van der Waals surface area contributed by atoms with Gasteiger partial charge < -0.3 is 20.5 Å². The first-order chi connectivity index (χ1) is 11.1. The summed E-state index contributed by atoms with van der Waals surface area (Å²) in [6.45, 7) is 0.243. The smallest absolute Gasteiger partial charge is 0.337 e. The lowest BCUT2D eigenvalue weighted by Gasteiger charge is -2.10. The fraction of sp³-hybridized carbons (Fsp3) is 0.176. The van der Waals surface area contributed by atoms with Gasteiger partial charge in [0.05, 0.1) is 19.8 Å². The summed E-state index contributed by atoms with van der Waals surface area (Å²) in [5.41, 5.74) is 7.59. The Morgan fingerprint density at radius 1 is 1.09 bits per heavy atom. The Morgan fingerprint density at radius 3 is 2.52 bits per heavy atom. The number of nitrogens with two attached hydrogens (primary N) is 1. The summed E-state index contributed by atoms with van der Waals surface area (Å²) in [7, 11) is 2.83. The van der Waals surface area contributed by atoms with Crippen LogP contribution >= 0.6 is 0 Å². The van der Waals surface area contributed by atoms with Gasteiger partial charge in [-0.15, -0.1) is 0 Å². The molecule has 0 spiro atoms. The van der Waals surface area contributed by atoms with Gasteiger partial charge in [-0.2, -0.15) is 0 Å². The van der Waals surface area contributed by atoms with E-state index in [0.29, 0.717) is 28.1 Å². The Hall–Kier alpha value is -2.86. The number of carbonyl (C=O) groups excluding carboxylic acids is 2. The third kappa shape index (κ3) is 4.08. The van der Waals surface area contributed by atoms with Gasteiger partial charge in [0.2, 0.25) is 0 Å². The first-order valence-electron chi connectivity index (χ1n) is 6.95. The number of methoxy groups -OCH3 is 2. The average Bonchev–Trinajstić information content (AvgIpc) is 2.60. The molecule has 0 unspecified atom stereocenters. The number of carbonyl (C=O) groups is 2. The Balaban J connectivity index is 2.27. The molecule has 6 heteroatoms. The monoisotopic (exact) mass is 314 g/mol. The molecule has 0 fully saturated rings. The topological polar surface area (TPSA) is 90.6 Å². The van der Waals surface area contributed by atoms with Crippen LogP contribution in [0.3, 0.4) is 0 Å². The van der Waals surface area contributed by atoms with E-state index < -0.39 is 5.97 Å². The van der Waals surface area contributed by atoms with E-state index in [1.165, 1.54) is 14.2 Å². The number of nitrogens with one attached hydrogen (secondary N) is 1. The molecule has 0 aliphatic carbocycles. The lowest BCUT2D eigenvalue weighted by Crippen LogP contribution is -2.13. The number of hydrogen-bond donors (Lipinski definition) is 2. The van der Waals surface area contributed by atoms with E-state index in [9.17, 15) is 9.59 Å². The lowest BCUT2D eigenvalue weighted by atomic mass is 10.1. The molecule has 0 saturated carbocycles. The van der Waals surface area contributed by atoms with E-state index in [0.717, 1.165) is 0 Å². The number of ether oxygens (including phenoxy) is 2. The molecule has 3 N–H and O–H groups in total. The van der Waals surface area contributed by atoms with Gasteiger partial charge in [0, 0.05) is 17.8 Å². The minimum absolute atomic E-state index is 0.243. The zero-order valence-corrected chi connectivity index (χ0v) is 13.0. The molecule has 0 aliphatic heterocycles. The van der Waals surface area contributed by atoms with Crippen LogP contribution in [0.4, 0.5) is 5.69 Å². The van der Waals surface area contributed by atoms with Crippen molar-refractivity contribution in [1.29, 1.82) is 0 Å². The van der Waals surface area contributed by atoms with Crippen molar-refractivity contribution < 1.29 is 19.1 Å².